The quantitative estimate of drug-likeness (QED) is 0.576. The fourth-order valence-electron chi connectivity index (χ4n) is 1.01. The molecule has 0 aliphatic rings. The summed E-state index contributed by atoms with van der Waals surface area (Å²) < 4.78 is 17.7. The van der Waals surface area contributed by atoms with E-state index in [1.165, 1.54) is 0 Å². The number of hydrogen-bond donors (Lipinski definition) is 2. The number of rotatable bonds is 5. The SMILES string of the molecule is NC(COc1cc(F)ccc1[N+](=O)[O-])C(=O)O. The molecule has 0 bridgehead atoms. The maximum Gasteiger partial charge on any atom is 0.324 e. The van der Waals surface area contributed by atoms with E-state index in [0.29, 0.717) is 0 Å². The second-order valence-corrected chi connectivity index (χ2v) is 3.12. The number of nitro benzene ring substituents is 1. The van der Waals surface area contributed by atoms with Gasteiger partial charge in [0.2, 0.25) is 0 Å². The average molecular weight is 244 g/mol. The highest BCUT2D eigenvalue weighted by molar-refractivity contribution is 5.73. The molecule has 0 aliphatic carbocycles. The van der Waals surface area contributed by atoms with Gasteiger partial charge >= 0.3 is 11.7 Å². The Morgan fingerprint density at radius 3 is 2.82 bits per heavy atom. The van der Waals surface area contributed by atoms with E-state index in [1.54, 1.807) is 0 Å². The van der Waals surface area contributed by atoms with Crippen molar-refractivity contribution >= 4 is 11.7 Å². The van der Waals surface area contributed by atoms with Crippen molar-refractivity contribution in [3.05, 3.63) is 34.1 Å². The van der Waals surface area contributed by atoms with Crippen LogP contribution >= 0.6 is 0 Å². The molecule has 0 saturated carbocycles. The minimum Gasteiger partial charge on any atom is -0.484 e. The van der Waals surface area contributed by atoms with Gasteiger partial charge in [-0.1, -0.05) is 0 Å². The fourth-order valence-corrected chi connectivity index (χ4v) is 1.01. The monoisotopic (exact) mass is 244 g/mol. The third-order valence-electron chi connectivity index (χ3n) is 1.85. The molecule has 0 heterocycles. The van der Waals surface area contributed by atoms with Crippen molar-refractivity contribution in [1.82, 2.24) is 0 Å². The van der Waals surface area contributed by atoms with E-state index in [0.717, 1.165) is 18.2 Å². The van der Waals surface area contributed by atoms with Gasteiger partial charge < -0.3 is 15.6 Å². The Bertz CT molecular complexity index is 451. The highest BCUT2D eigenvalue weighted by atomic mass is 19.1. The maximum atomic E-state index is 12.8. The van der Waals surface area contributed by atoms with Gasteiger partial charge in [0.25, 0.3) is 0 Å². The molecule has 0 aromatic heterocycles. The minimum atomic E-state index is -1.34. The van der Waals surface area contributed by atoms with E-state index in [-0.39, 0.29) is 5.75 Å². The van der Waals surface area contributed by atoms with E-state index in [2.05, 4.69) is 0 Å². The Labute approximate surface area is 94.8 Å². The molecule has 0 radical (unpaired) electrons. The lowest BCUT2D eigenvalue weighted by Crippen LogP contribution is -2.36. The van der Waals surface area contributed by atoms with Gasteiger partial charge in [0, 0.05) is 12.1 Å². The van der Waals surface area contributed by atoms with Crippen molar-refractivity contribution in [2.45, 2.75) is 6.04 Å². The standard InChI is InChI=1S/C9H9FN2O5/c10-5-1-2-7(12(15)16)8(3-5)17-4-6(11)9(13)14/h1-3,6H,4,11H2,(H,13,14). The Kier molecular flexibility index (Phi) is 3.94. The van der Waals surface area contributed by atoms with E-state index in [1.807, 2.05) is 0 Å². The lowest BCUT2D eigenvalue weighted by molar-refractivity contribution is -0.385. The summed E-state index contributed by atoms with van der Waals surface area (Å²) in [6.07, 6.45) is 0. The number of carbonyl (C=O) groups is 1. The summed E-state index contributed by atoms with van der Waals surface area (Å²) in [4.78, 5) is 20.2. The number of aliphatic carboxylic acids is 1. The van der Waals surface area contributed by atoms with Crippen molar-refractivity contribution in [3.63, 3.8) is 0 Å². The van der Waals surface area contributed by atoms with Gasteiger partial charge in [0.05, 0.1) is 4.92 Å². The largest absolute Gasteiger partial charge is 0.484 e. The molecular formula is C9H9FN2O5. The van der Waals surface area contributed by atoms with Crippen LogP contribution in [0.3, 0.4) is 0 Å². The van der Waals surface area contributed by atoms with Crippen LogP contribution in [-0.2, 0) is 4.79 Å². The van der Waals surface area contributed by atoms with Crippen LogP contribution < -0.4 is 10.5 Å². The Hall–Kier alpha value is -2.22. The number of nitrogens with two attached hydrogens (primary N) is 1. The van der Waals surface area contributed by atoms with E-state index in [9.17, 15) is 19.3 Å². The van der Waals surface area contributed by atoms with Crippen molar-refractivity contribution in [2.75, 3.05) is 6.61 Å². The third-order valence-corrected chi connectivity index (χ3v) is 1.85. The summed E-state index contributed by atoms with van der Waals surface area (Å²) in [7, 11) is 0. The number of carboxylic acid groups (broad SMARTS) is 1. The molecule has 92 valence electrons. The van der Waals surface area contributed by atoms with Crippen LogP contribution in [0.5, 0.6) is 5.75 Å². The molecule has 1 aromatic carbocycles. The Balaban J connectivity index is 2.85. The predicted molar refractivity (Wildman–Crippen MR) is 54.2 cm³/mol. The maximum absolute atomic E-state index is 12.8. The lowest BCUT2D eigenvalue weighted by atomic mass is 10.3. The fraction of sp³-hybridized carbons (Fsp3) is 0.222. The van der Waals surface area contributed by atoms with Crippen molar-refractivity contribution in [3.8, 4) is 5.75 Å². The van der Waals surface area contributed by atoms with Gasteiger partial charge in [0.15, 0.2) is 5.75 Å². The van der Waals surface area contributed by atoms with Crippen LogP contribution in [0, 0.1) is 15.9 Å². The average Bonchev–Trinajstić information content (AvgIpc) is 2.25. The first-order valence-electron chi connectivity index (χ1n) is 4.47. The second kappa shape index (κ2) is 5.21. The highest BCUT2D eigenvalue weighted by Crippen LogP contribution is 2.27. The topological polar surface area (TPSA) is 116 Å². The normalized spacial score (nSPS) is 11.9. The molecule has 7 nitrogen and oxygen atoms in total. The first-order chi connectivity index (χ1) is 7.91. The van der Waals surface area contributed by atoms with E-state index < -0.39 is 35.0 Å². The van der Waals surface area contributed by atoms with Crippen molar-refractivity contribution in [2.24, 2.45) is 5.73 Å². The third kappa shape index (κ3) is 3.38. The number of ether oxygens (including phenoxy) is 1. The number of benzene rings is 1. The number of nitro groups is 1. The first-order valence-corrected chi connectivity index (χ1v) is 4.47. The zero-order valence-corrected chi connectivity index (χ0v) is 8.50. The molecular weight excluding hydrogens is 235 g/mol. The molecule has 0 saturated heterocycles. The first kappa shape index (κ1) is 12.8. The molecule has 0 aliphatic heterocycles. The van der Waals surface area contributed by atoms with Gasteiger partial charge in [-0.15, -0.1) is 0 Å². The molecule has 0 spiro atoms. The number of nitrogens with zero attached hydrogens (tertiary/aromatic N) is 1. The summed E-state index contributed by atoms with van der Waals surface area (Å²) in [5.74, 6) is -2.40. The molecule has 8 heteroatoms. The highest BCUT2D eigenvalue weighted by Gasteiger charge is 2.18. The van der Waals surface area contributed by atoms with Crippen LogP contribution in [0.15, 0.2) is 18.2 Å². The van der Waals surface area contributed by atoms with Crippen LogP contribution in [0.2, 0.25) is 0 Å². The minimum absolute atomic E-state index is 0.355. The zero-order valence-electron chi connectivity index (χ0n) is 8.50. The van der Waals surface area contributed by atoms with Gasteiger partial charge in [-0.05, 0) is 6.07 Å². The zero-order chi connectivity index (χ0) is 13.0. The van der Waals surface area contributed by atoms with Crippen LogP contribution in [0.1, 0.15) is 0 Å². The van der Waals surface area contributed by atoms with Crippen LogP contribution in [0.4, 0.5) is 10.1 Å². The molecule has 1 unspecified atom stereocenters. The van der Waals surface area contributed by atoms with Crippen LogP contribution in [-0.4, -0.2) is 28.6 Å². The molecule has 17 heavy (non-hydrogen) atoms. The lowest BCUT2D eigenvalue weighted by Gasteiger charge is -2.09. The number of halogens is 1. The van der Waals surface area contributed by atoms with Gasteiger partial charge in [-0.3, -0.25) is 14.9 Å². The predicted octanol–water partition coefficient (Wildman–Crippen LogP) is 0.525. The second-order valence-electron chi connectivity index (χ2n) is 3.12. The Morgan fingerprint density at radius 2 is 2.29 bits per heavy atom. The molecule has 1 aromatic rings. The summed E-state index contributed by atoms with van der Waals surface area (Å²) >= 11 is 0. The molecule has 1 atom stereocenters. The summed E-state index contributed by atoms with van der Waals surface area (Å²) in [5.41, 5.74) is 4.69. The summed E-state index contributed by atoms with van der Waals surface area (Å²) in [6, 6.07) is 1.30. The number of carboxylic acids is 1. The molecule has 3 N–H and O–H groups in total. The molecule has 0 amide bonds. The van der Waals surface area contributed by atoms with Crippen molar-refractivity contribution in [1.29, 1.82) is 0 Å². The summed E-state index contributed by atoms with van der Waals surface area (Å²) in [5, 5.41) is 19.0. The smallest absolute Gasteiger partial charge is 0.324 e. The Morgan fingerprint density at radius 1 is 1.65 bits per heavy atom. The van der Waals surface area contributed by atoms with E-state index in [4.69, 9.17) is 15.6 Å². The van der Waals surface area contributed by atoms with E-state index >= 15 is 0 Å². The van der Waals surface area contributed by atoms with Gasteiger partial charge in [0.1, 0.15) is 18.5 Å². The summed E-state index contributed by atoms with van der Waals surface area (Å²) in [6.45, 7) is -0.486. The van der Waals surface area contributed by atoms with Gasteiger partial charge in [-0.2, -0.15) is 0 Å². The van der Waals surface area contributed by atoms with Crippen molar-refractivity contribution < 1.29 is 24.0 Å². The number of hydrogen-bond acceptors (Lipinski definition) is 5. The molecule has 0 fully saturated rings. The molecule has 1 rings (SSSR count). The van der Waals surface area contributed by atoms with Gasteiger partial charge in [-0.25, -0.2) is 4.39 Å². The van der Waals surface area contributed by atoms with Crippen LogP contribution in [0.25, 0.3) is 0 Å².